The van der Waals surface area contributed by atoms with Crippen LogP contribution >= 0.6 is 23.4 Å². The van der Waals surface area contributed by atoms with Crippen molar-refractivity contribution in [3.63, 3.8) is 0 Å². The van der Waals surface area contributed by atoms with Gasteiger partial charge in [-0.2, -0.15) is 13.2 Å². The van der Waals surface area contributed by atoms with Gasteiger partial charge >= 0.3 is 6.18 Å². The molecule has 1 amide bonds. The minimum absolute atomic E-state index is 0.184. The number of rotatable bonds is 7. The largest absolute Gasteiger partial charge is 0.417 e. The summed E-state index contributed by atoms with van der Waals surface area (Å²) in [7, 11) is -4.17. The van der Waals surface area contributed by atoms with Gasteiger partial charge < -0.3 is 5.32 Å². The molecule has 5 nitrogen and oxygen atoms in total. The Balaban J connectivity index is 1.67. The lowest BCUT2D eigenvalue weighted by Gasteiger charge is -2.14. The number of alkyl halides is 3. The molecule has 180 valence electrons. The van der Waals surface area contributed by atoms with E-state index in [1.165, 1.54) is 36.0 Å². The van der Waals surface area contributed by atoms with Crippen molar-refractivity contribution >= 4 is 50.7 Å². The van der Waals surface area contributed by atoms with E-state index < -0.39 is 32.0 Å². The van der Waals surface area contributed by atoms with Gasteiger partial charge in [0.1, 0.15) is 0 Å². The summed E-state index contributed by atoms with van der Waals surface area (Å²) < 4.78 is 66.4. The first-order valence-electron chi connectivity index (χ1n) is 9.89. The highest BCUT2D eigenvalue weighted by Crippen LogP contribution is 2.36. The van der Waals surface area contributed by atoms with Gasteiger partial charge in [-0.3, -0.25) is 9.52 Å². The molecule has 2 N–H and O–H groups in total. The highest BCUT2D eigenvalue weighted by atomic mass is 35.5. The average molecular weight is 529 g/mol. The van der Waals surface area contributed by atoms with Crippen molar-refractivity contribution in [1.29, 1.82) is 0 Å². The number of halogens is 4. The lowest BCUT2D eigenvalue weighted by Crippen LogP contribution is -2.22. The van der Waals surface area contributed by atoms with Crippen LogP contribution in [0.4, 0.5) is 24.5 Å². The first-order chi connectivity index (χ1) is 15.8. The van der Waals surface area contributed by atoms with Gasteiger partial charge in [0.25, 0.3) is 10.0 Å². The second-order valence-corrected chi connectivity index (χ2v) is 10.9. The molecule has 3 aromatic carbocycles. The highest BCUT2D eigenvalue weighted by molar-refractivity contribution is 8.00. The number of nitrogens with one attached hydrogen (secondary N) is 2. The summed E-state index contributed by atoms with van der Waals surface area (Å²) in [4.78, 5) is 13.2. The van der Waals surface area contributed by atoms with Crippen LogP contribution in [0.25, 0.3) is 0 Å². The molecule has 0 fully saturated rings. The molecule has 3 aromatic rings. The number of sulfonamides is 1. The minimum Gasteiger partial charge on any atom is -0.325 e. The number of carbonyl (C=O) groups excluding carboxylic acids is 1. The molecule has 0 aromatic heterocycles. The van der Waals surface area contributed by atoms with Crippen molar-refractivity contribution in [3.05, 3.63) is 82.9 Å². The summed E-state index contributed by atoms with van der Waals surface area (Å²) in [5.74, 6) is -0.264. The molecule has 3 rings (SSSR count). The smallest absolute Gasteiger partial charge is 0.325 e. The fourth-order valence-corrected chi connectivity index (χ4v) is 5.00. The summed E-state index contributed by atoms with van der Waals surface area (Å²) in [5, 5.41) is 1.78. The molecule has 0 heterocycles. The third-order valence-electron chi connectivity index (χ3n) is 4.66. The normalized spacial score (nSPS) is 12.8. The van der Waals surface area contributed by atoms with E-state index in [1.54, 1.807) is 6.92 Å². The van der Waals surface area contributed by atoms with E-state index in [-0.39, 0.29) is 16.5 Å². The van der Waals surface area contributed by atoms with Crippen LogP contribution in [-0.4, -0.2) is 19.6 Å². The fraction of sp³-hybridized carbons (Fsp3) is 0.174. The highest BCUT2D eigenvalue weighted by Gasteiger charge is 2.33. The molecule has 1 atom stereocenters. The Morgan fingerprint density at radius 3 is 2.15 bits per heavy atom. The van der Waals surface area contributed by atoms with Crippen LogP contribution in [0.2, 0.25) is 5.02 Å². The Hall–Kier alpha value is -2.69. The van der Waals surface area contributed by atoms with Gasteiger partial charge in [0.2, 0.25) is 5.91 Å². The molecule has 0 saturated carbocycles. The summed E-state index contributed by atoms with van der Waals surface area (Å²) in [6.07, 6.45) is -4.73. The monoisotopic (exact) mass is 528 g/mol. The molecular formula is C23H20ClF3N2O3S2. The number of benzene rings is 3. The Labute approximate surface area is 204 Å². The number of carbonyl (C=O) groups is 1. The van der Waals surface area contributed by atoms with Crippen molar-refractivity contribution < 1.29 is 26.4 Å². The van der Waals surface area contributed by atoms with E-state index in [2.05, 4.69) is 10.0 Å². The SMILES string of the molecule is Cc1ccc(S[C@H](C)C(=O)Nc2ccc(S(=O)(=O)Nc3ccc(Cl)c(C(F)(F)F)c3)cc2)cc1. The van der Waals surface area contributed by atoms with Crippen molar-refractivity contribution in [1.82, 2.24) is 0 Å². The molecule has 34 heavy (non-hydrogen) atoms. The van der Waals surface area contributed by atoms with Crippen LogP contribution in [0.5, 0.6) is 0 Å². The van der Waals surface area contributed by atoms with Gasteiger partial charge in [0, 0.05) is 16.3 Å². The fourth-order valence-electron chi connectivity index (χ4n) is 2.86. The maximum atomic E-state index is 13.0. The molecule has 0 radical (unpaired) electrons. The van der Waals surface area contributed by atoms with E-state index in [1.807, 2.05) is 31.2 Å². The van der Waals surface area contributed by atoms with Gasteiger partial charge in [-0.15, -0.1) is 11.8 Å². The molecule has 0 saturated heterocycles. The Kier molecular flexibility index (Phi) is 7.84. The predicted molar refractivity (Wildman–Crippen MR) is 129 cm³/mol. The Morgan fingerprint density at radius 1 is 0.971 bits per heavy atom. The van der Waals surface area contributed by atoms with Crippen molar-refractivity contribution in [2.45, 2.75) is 35.1 Å². The van der Waals surface area contributed by atoms with Crippen LogP contribution < -0.4 is 10.0 Å². The standard InChI is InChI=1S/C23H20ClF3N2O3S2/c1-14-3-8-18(9-4-14)33-15(2)22(30)28-16-5-10-19(11-6-16)34(31,32)29-17-7-12-21(24)20(13-17)23(25,26)27/h3-13,15,29H,1-2H3,(H,28,30)/t15-/m1/s1. The van der Waals surface area contributed by atoms with Crippen molar-refractivity contribution in [3.8, 4) is 0 Å². The zero-order valence-corrected chi connectivity index (χ0v) is 20.4. The summed E-state index contributed by atoms with van der Waals surface area (Å²) in [6.45, 7) is 3.73. The second-order valence-electron chi connectivity index (χ2n) is 7.38. The maximum Gasteiger partial charge on any atom is 0.417 e. The lowest BCUT2D eigenvalue weighted by atomic mass is 10.2. The number of aryl methyl sites for hydroxylation is 1. The quantitative estimate of drug-likeness (QED) is 0.339. The average Bonchev–Trinajstić information content (AvgIpc) is 2.76. The first kappa shape index (κ1) is 25.9. The topological polar surface area (TPSA) is 75.3 Å². The summed E-state index contributed by atoms with van der Waals surface area (Å²) in [6, 6.07) is 15.8. The van der Waals surface area contributed by atoms with Crippen molar-refractivity contribution in [2.24, 2.45) is 0 Å². The van der Waals surface area contributed by atoms with E-state index in [0.29, 0.717) is 11.8 Å². The lowest BCUT2D eigenvalue weighted by molar-refractivity contribution is -0.137. The Morgan fingerprint density at radius 2 is 1.56 bits per heavy atom. The molecular weight excluding hydrogens is 509 g/mol. The molecule has 0 unspecified atom stereocenters. The van der Waals surface area contributed by atoms with E-state index >= 15 is 0 Å². The maximum absolute atomic E-state index is 13.0. The van der Waals surface area contributed by atoms with Gasteiger partial charge in [-0.1, -0.05) is 29.3 Å². The van der Waals surface area contributed by atoms with Gasteiger partial charge in [0.05, 0.1) is 20.7 Å². The molecule has 0 spiro atoms. The molecule has 0 bridgehead atoms. The zero-order valence-electron chi connectivity index (χ0n) is 18.0. The van der Waals surface area contributed by atoms with Crippen LogP contribution in [0, 0.1) is 6.92 Å². The molecule has 0 aliphatic rings. The third kappa shape index (κ3) is 6.68. The van der Waals surface area contributed by atoms with Crippen LogP contribution in [0.3, 0.4) is 0 Å². The first-order valence-corrected chi connectivity index (χ1v) is 12.6. The number of hydrogen-bond donors (Lipinski definition) is 2. The van der Waals surface area contributed by atoms with E-state index in [9.17, 15) is 26.4 Å². The molecule has 0 aliphatic heterocycles. The minimum atomic E-state index is -4.73. The van der Waals surface area contributed by atoms with E-state index in [4.69, 9.17) is 11.6 Å². The van der Waals surface area contributed by atoms with Crippen LogP contribution in [-0.2, 0) is 21.0 Å². The number of amides is 1. The summed E-state index contributed by atoms with van der Waals surface area (Å²) in [5.41, 5.74) is 0.0649. The van der Waals surface area contributed by atoms with E-state index in [0.717, 1.165) is 22.6 Å². The van der Waals surface area contributed by atoms with Gasteiger partial charge in [-0.05, 0) is 68.4 Å². The molecule has 0 aliphatic carbocycles. The van der Waals surface area contributed by atoms with Crippen LogP contribution in [0.15, 0.2) is 76.5 Å². The second kappa shape index (κ2) is 10.3. The van der Waals surface area contributed by atoms with Gasteiger partial charge in [-0.25, -0.2) is 8.42 Å². The summed E-state index contributed by atoms with van der Waals surface area (Å²) >= 11 is 6.95. The van der Waals surface area contributed by atoms with Crippen LogP contribution in [0.1, 0.15) is 18.1 Å². The molecule has 11 heteroatoms. The zero-order chi connectivity index (χ0) is 25.1. The third-order valence-corrected chi connectivity index (χ3v) is 7.50. The number of anilines is 2. The predicted octanol–water partition coefficient (Wildman–Crippen LogP) is 6.59. The Bertz CT molecular complexity index is 1280. The number of hydrogen-bond acceptors (Lipinski definition) is 4. The van der Waals surface area contributed by atoms with Gasteiger partial charge in [0.15, 0.2) is 0 Å². The number of thioether (sulfide) groups is 1. The van der Waals surface area contributed by atoms with Crippen molar-refractivity contribution in [2.75, 3.05) is 10.0 Å².